The third-order valence-electron chi connectivity index (χ3n) is 4.48. The van der Waals surface area contributed by atoms with Crippen LogP contribution in [-0.4, -0.2) is 27.7 Å². The lowest BCUT2D eigenvalue weighted by molar-refractivity contribution is -0.0815. The molecule has 5 nitrogen and oxygen atoms in total. The Balaban J connectivity index is 1.96. The van der Waals surface area contributed by atoms with Crippen LogP contribution in [-0.2, 0) is 0 Å². The molecule has 1 aromatic heterocycles. The van der Waals surface area contributed by atoms with Crippen LogP contribution in [0, 0.1) is 17.3 Å². The molecule has 1 aliphatic rings. The molecule has 0 amide bonds. The molecule has 3 atom stereocenters. The van der Waals surface area contributed by atoms with Gasteiger partial charge in [-0.1, -0.05) is 25.4 Å². The van der Waals surface area contributed by atoms with Crippen molar-refractivity contribution in [1.29, 1.82) is 0 Å². The first kappa shape index (κ1) is 14.3. The minimum absolute atomic E-state index is 0.118. The minimum atomic E-state index is -0.259. The molecule has 0 aliphatic heterocycles. The van der Waals surface area contributed by atoms with Crippen molar-refractivity contribution in [3.8, 4) is 0 Å². The van der Waals surface area contributed by atoms with Crippen molar-refractivity contribution in [2.45, 2.75) is 33.3 Å². The standard InChI is InChI=1S/C13H21ClN4O/c1-7(19)9-4-8(13(9,2)3)5-16-12-10(15)11(14)17-6-18-12/h6-9,19H,4-5,15H2,1-3H3,(H,16,17,18)/t7-,8+,9-/m0/s1. The summed E-state index contributed by atoms with van der Waals surface area (Å²) in [5, 5.41) is 13.2. The molecule has 4 N–H and O–H groups in total. The van der Waals surface area contributed by atoms with Crippen molar-refractivity contribution in [3.05, 3.63) is 11.5 Å². The summed E-state index contributed by atoms with van der Waals surface area (Å²) < 4.78 is 0. The molecule has 0 aromatic carbocycles. The lowest BCUT2D eigenvalue weighted by Crippen LogP contribution is -2.52. The van der Waals surface area contributed by atoms with Crippen LogP contribution in [0.25, 0.3) is 0 Å². The summed E-state index contributed by atoms with van der Waals surface area (Å²) >= 11 is 5.85. The highest BCUT2D eigenvalue weighted by Crippen LogP contribution is 2.52. The summed E-state index contributed by atoms with van der Waals surface area (Å²) in [7, 11) is 0. The normalized spacial score (nSPS) is 26.6. The van der Waals surface area contributed by atoms with Gasteiger partial charge in [0.1, 0.15) is 12.0 Å². The van der Waals surface area contributed by atoms with Crippen molar-refractivity contribution in [2.24, 2.45) is 17.3 Å². The van der Waals surface area contributed by atoms with E-state index in [0.29, 0.717) is 23.3 Å². The van der Waals surface area contributed by atoms with Crippen LogP contribution in [0.4, 0.5) is 11.5 Å². The number of rotatable bonds is 4. The SMILES string of the molecule is C[C@H](O)[C@@H]1C[C@H](CNc2ncnc(Cl)c2N)C1(C)C. The average molecular weight is 285 g/mol. The van der Waals surface area contributed by atoms with E-state index in [4.69, 9.17) is 17.3 Å². The zero-order valence-electron chi connectivity index (χ0n) is 11.5. The lowest BCUT2D eigenvalue weighted by Gasteiger charge is -2.53. The van der Waals surface area contributed by atoms with Crippen LogP contribution in [0.5, 0.6) is 0 Å². The van der Waals surface area contributed by atoms with Crippen molar-refractivity contribution < 1.29 is 5.11 Å². The van der Waals surface area contributed by atoms with E-state index in [9.17, 15) is 5.11 Å². The van der Waals surface area contributed by atoms with E-state index in [0.717, 1.165) is 13.0 Å². The zero-order valence-corrected chi connectivity index (χ0v) is 12.3. The van der Waals surface area contributed by atoms with Crippen LogP contribution in [0.3, 0.4) is 0 Å². The quantitative estimate of drug-likeness (QED) is 0.738. The molecule has 0 bridgehead atoms. The van der Waals surface area contributed by atoms with Gasteiger partial charge in [0, 0.05) is 6.54 Å². The van der Waals surface area contributed by atoms with Gasteiger partial charge in [0.25, 0.3) is 0 Å². The van der Waals surface area contributed by atoms with E-state index in [1.165, 1.54) is 6.33 Å². The zero-order chi connectivity index (χ0) is 14.2. The van der Waals surface area contributed by atoms with Gasteiger partial charge in [-0.05, 0) is 30.6 Å². The summed E-state index contributed by atoms with van der Waals surface area (Å²) in [6, 6.07) is 0. The van der Waals surface area contributed by atoms with E-state index in [-0.39, 0.29) is 16.7 Å². The Morgan fingerprint density at radius 3 is 2.84 bits per heavy atom. The summed E-state index contributed by atoms with van der Waals surface area (Å²) in [6.45, 7) is 7.01. The monoisotopic (exact) mass is 284 g/mol. The molecule has 1 heterocycles. The topological polar surface area (TPSA) is 84.1 Å². The number of aliphatic hydroxyl groups is 1. The van der Waals surface area contributed by atoms with Gasteiger partial charge in [-0.15, -0.1) is 0 Å². The van der Waals surface area contributed by atoms with Gasteiger partial charge in [-0.25, -0.2) is 9.97 Å². The average Bonchev–Trinajstić information content (AvgIpc) is 2.32. The minimum Gasteiger partial charge on any atom is -0.393 e. The molecule has 0 radical (unpaired) electrons. The molecule has 0 saturated heterocycles. The molecule has 1 aromatic rings. The largest absolute Gasteiger partial charge is 0.393 e. The van der Waals surface area contributed by atoms with E-state index in [2.05, 4.69) is 29.1 Å². The smallest absolute Gasteiger partial charge is 0.157 e. The second-order valence-electron chi connectivity index (χ2n) is 5.91. The van der Waals surface area contributed by atoms with Crippen LogP contribution < -0.4 is 11.1 Å². The molecule has 1 saturated carbocycles. The molecule has 106 valence electrons. The van der Waals surface area contributed by atoms with E-state index in [1.54, 1.807) is 0 Å². The highest BCUT2D eigenvalue weighted by atomic mass is 35.5. The number of nitrogens with two attached hydrogens (primary N) is 1. The fourth-order valence-corrected chi connectivity index (χ4v) is 3.09. The van der Waals surface area contributed by atoms with Gasteiger partial charge in [-0.2, -0.15) is 0 Å². The Hall–Kier alpha value is -1.07. The first-order valence-corrected chi connectivity index (χ1v) is 6.89. The van der Waals surface area contributed by atoms with Gasteiger partial charge in [0.2, 0.25) is 0 Å². The number of aromatic nitrogens is 2. The third kappa shape index (κ3) is 2.62. The number of halogens is 1. The van der Waals surface area contributed by atoms with E-state index >= 15 is 0 Å². The number of nitrogens with zero attached hydrogens (tertiary/aromatic N) is 2. The first-order chi connectivity index (χ1) is 8.84. The maximum Gasteiger partial charge on any atom is 0.157 e. The Kier molecular flexibility index (Phi) is 3.87. The molecule has 0 spiro atoms. The third-order valence-corrected chi connectivity index (χ3v) is 4.78. The maximum absolute atomic E-state index is 9.71. The predicted octanol–water partition coefficient (Wildman–Crippen LogP) is 2.17. The number of anilines is 2. The Morgan fingerprint density at radius 1 is 1.58 bits per heavy atom. The molecule has 6 heteroatoms. The molecular formula is C13H21ClN4O. The van der Waals surface area contributed by atoms with Gasteiger partial charge in [0.15, 0.2) is 11.0 Å². The number of aliphatic hydroxyl groups excluding tert-OH is 1. The molecule has 1 fully saturated rings. The number of hydrogen-bond acceptors (Lipinski definition) is 5. The van der Waals surface area contributed by atoms with Crippen LogP contribution >= 0.6 is 11.6 Å². The van der Waals surface area contributed by atoms with Crippen molar-refractivity contribution in [3.63, 3.8) is 0 Å². The first-order valence-electron chi connectivity index (χ1n) is 6.52. The second kappa shape index (κ2) is 5.13. The van der Waals surface area contributed by atoms with E-state index < -0.39 is 0 Å². The fraction of sp³-hybridized carbons (Fsp3) is 0.692. The van der Waals surface area contributed by atoms with Gasteiger partial charge >= 0.3 is 0 Å². The maximum atomic E-state index is 9.71. The van der Waals surface area contributed by atoms with Gasteiger partial charge in [0.05, 0.1) is 6.10 Å². The summed E-state index contributed by atoms with van der Waals surface area (Å²) in [5.74, 6) is 1.42. The molecule has 0 unspecified atom stereocenters. The predicted molar refractivity (Wildman–Crippen MR) is 77.0 cm³/mol. The van der Waals surface area contributed by atoms with Crippen molar-refractivity contribution in [1.82, 2.24) is 9.97 Å². The van der Waals surface area contributed by atoms with Gasteiger partial charge in [-0.3, -0.25) is 0 Å². The van der Waals surface area contributed by atoms with Crippen LogP contribution in [0.15, 0.2) is 6.33 Å². The van der Waals surface area contributed by atoms with E-state index in [1.807, 2.05) is 6.92 Å². The summed E-state index contributed by atoms with van der Waals surface area (Å²) in [5.41, 5.74) is 6.31. The number of nitrogen functional groups attached to an aromatic ring is 1. The lowest BCUT2D eigenvalue weighted by atomic mass is 9.53. The fourth-order valence-electron chi connectivity index (χ4n) is 2.96. The Morgan fingerprint density at radius 2 is 2.26 bits per heavy atom. The second-order valence-corrected chi connectivity index (χ2v) is 6.27. The molecule has 1 aliphatic carbocycles. The van der Waals surface area contributed by atoms with Crippen LogP contribution in [0.2, 0.25) is 5.15 Å². The number of nitrogens with one attached hydrogen (secondary N) is 1. The summed E-state index contributed by atoms with van der Waals surface area (Å²) in [6.07, 6.45) is 2.15. The molecular weight excluding hydrogens is 264 g/mol. The number of hydrogen-bond donors (Lipinski definition) is 3. The van der Waals surface area contributed by atoms with Crippen molar-refractivity contribution in [2.75, 3.05) is 17.6 Å². The van der Waals surface area contributed by atoms with Gasteiger partial charge < -0.3 is 16.2 Å². The van der Waals surface area contributed by atoms with Crippen molar-refractivity contribution >= 4 is 23.1 Å². The Labute approximate surface area is 118 Å². The highest BCUT2D eigenvalue weighted by Gasteiger charge is 2.49. The Bertz CT molecular complexity index is 464. The molecule has 2 rings (SSSR count). The summed E-state index contributed by atoms with van der Waals surface area (Å²) in [4.78, 5) is 7.91. The van der Waals surface area contributed by atoms with Crippen LogP contribution in [0.1, 0.15) is 27.2 Å². The highest BCUT2D eigenvalue weighted by molar-refractivity contribution is 6.32. The molecule has 19 heavy (non-hydrogen) atoms.